The molecule has 2 heterocycles. The first-order valence-electron chi connectivity index (χ1n) is 6.40. The molecule has 0 saturated carbocycles. The van der Waals surface area contributed by atoms with Gasteiger partial charge in [0.1, 0.15) is 12.7 Å². The molecule has 4 nitrogen and oxygen atoms in total. The summed E-state index contributed by atoms with van der Waals surface area (Å²) in [7, 11) is 0. The van der Waals surface area contributed by atoms with Crippen LogP contribution < -0.4 is 15.2 Å². The number of para-hydroxylation sites is 2. The van der Waals surface area contributed by atoms with Crippen LogP contribution in [0.15, 0.2) is 42.6 Å². The Bertz CT molecular complexity index is 572. The van der Waals surface area contributed by atoms with Crippen LogP contribution in [0.25, 0.3) is 0 Å². The molecule has 0 aliphatic carbocycles. The molecule has 3 rings (SSSR count). The molecule has 0 fully saturated rings. The molecule has 1 unspecified atom stereocenters. The average Bonchev–Trinajstić information content (AvgIpc) is 2.45. The van der Waals surface area contributed by atoms with Crippen molar-refractivity contribution in [1.82, 2.24) is 4.98 Å². The molecule has 1 aromatic carbocycles. The molecule has 0 bridgehead atoms. The minimum atomic E-state index is 0.0677. The summed E-state index contributed by atoms with van der Waals surface area (Å²) < 4.78 is 11.6. The number of benzene rings is 1. The van der Waals surface area contributed by atoms with Gasteiger partial charge in [0.05, 0.1) is 0 Å². The van der Waals surface area contributed by atoms with Crippen molar-refractivity contribution >= 4 is 5.69 Å². The van der Waals surface area contributed by atoms with Crippen molar-refractivity contribution in [3.63, 3.8) is 0 Å². The molecule has 0 radical (unpaired) electrons. The van der Waals surface area contributed by atoms with E-state index < -0.39 is 0 Å². The highest BCUT2D eigenvalue weighted by molar-refractivity contribution is 5.40. The summed E-state index contributed by atoms with van der Waals surface area (Å²) in [5.41, 5.74) is 7.47. The number of ether oxygens (including phenoxy) is 2. The van der Waals surface area contributed by atoms with Gasteiger partial charge < -0.3 is 15.2 Å². The number of nitrogens with zero attached hydrogens (tertiary/aromatic N) is 1. The van der Waals surface area contributed by atoms with E-state index in [2.05, 4.69) is 4.98 Å². The molecule has 1 atom stereocenters. The summed E-state index contributed by atoms with van der Waals surface area (Å²) in [6, 6.07) is 11.4. The van der Waals surface area contributed by atoms with Gasteiger partial charge >= 0.3 is 0 Å². The van der Waals surface area contributed by atoms with E-state index in [0.29, 0.717) is 6.61 Å². The quantitative estimate of drug-likeness (QED) is 0.916. The largest absolute Gasteiger partial charge is 0.486 e. The first-order chi connectivity index (χ1) is 9.31. The molecule has 0 saturated heterocycles. The van der Waals surface area contributed by atoms with Gasteiger partial charge in [-0.2, -0.15) is 0 Å². The van der Waals surface area contributed by atoms with Crippen molar-refractivity contribution in [3.05, 3.63) is 48.3 Å². The Morgan fingerprint density at radius 1 is 1.21 bits per heavy atom. The Morgan fingerprint density at radius 3 is 2.89 bits per heavy atom. The number of nitrogens with two attached hydrogens (primary N) is 1. The lowest BCUT2D eigenvalue weighted by Gasteiger charge is -2.26. The summed E-state index contributed by atoms with van der Waals surface area (Å²) in [6.07, 6.45) is 3.50. The maximum Gasteiger partial charge on any atom is 0.161 e. The Morgan fingerprint density at radius 2 is 2.05 bits per heavy atom. The van der Waals surface area contributed by atoms with Crippen molar-refractivity contribution in [3.8, 4) is 11.5 Å². The van der Waals surface area contributed by atoms with Crippen LogP contribution in [-0.4, -0.2) is 17.7 Å². The van der Waals surface area contributed by atoms with Gasteiger partial charge in [-0.1, -0.05) is 12.1 Å². The molecular weight excluding hydrogens is 240 g/mol. The Balaban J connectivity index is 1.61. The van der Waals surface area contributed by atoms with Gasteiger partial charge in [0.2, 0.25) is 0 Å². The van der Waals surface area contributed by atoms with Crippen LogP contribution >= 0.6 is 0 Å². The predicted octanol–water partition coefficient (Wildman–Crippen LogP) is 2.44. The Labute approximate surface area is 112 Å². The van der Waals surface area contributed by atoms with E-state index >= 15 is 0 Å². The van der Waals surface area contributed by atoms with Gasteiger partial charge in [-0.3, -0.25) is 4.98 Å². The summed E-state index contributed by atoms with van der Waals surface area (Å²) >= 11 is 0. The fraction of sp³-hybridized carbons (Fsp3) is 0.267. The van der Waals surface area contributed by atoms with Crippen LogP contribution in [0.3, 0.4) is 0 Å². The summed E-state index contributed by atoms with van der Waals surface area (Å²) in [6.45, 7) is 0.583. The fourth-order valence-corrected chi connectivity index (χ4v) is 2.15. The average molecular weight is 256 g/mol. The van der Waals surface area contributed by atoms with E-state index in [1.807, 2.05) is 30.3 Å². The minimum Gasteiger partial charge on any atom is -0.486 e. The fourth-order valence-electron chi connectivity index (χ4n) is 2.15. The van der Waals surface area contributed by atoms with E-state index in [4.69, 9.17) is 15.2 Å². The highest BCUT2D eigenvalue weighted by Crippen LogP contribution is 2.31. The number of rotatable bonds is 3. The third-order valence-corrected chi connectivity index (χ3v) is 3.13. The summed E-state index contributed by atoms with van der Waals surface area (Å²) in [4.78, 5) is 4.29. The van der Waals surface area contributed by atoms with Crippen molar-refractivity contribution in [1.29, 1.82) is 0 Å². The number of fused-ring (bicyclic) bond motifs is 1. The lowest BCUT2D eigenvalue weighted by atomic mass is 10.1. The highest BCUT2D eigenvalue weighted by Gasteiger charge is 2.20. The smallest absolute Gasteiger partial charge is 0.161 e. The molecule has 1 aliphatic rings. The zero-order chi connectivity index (χ0) is 13.1. The second-order valence-electron chi connectivity index (χ2n) is 4.62. The first-order valence-corrected chi connectivity index (χ1v) is 6.40. The highest BCUT2D eigenvalue weighted by atomic mass is 16.6. The molecule has 19 heavy (non-hydrogen) atoms. The number of anilines is 1. The SMILES string of the molecule is Nc1ccnc(CCC2COc3ccccc3O2)c1. The van der Waals surface area contributed by atoms with E-state index in [9.17, 15) is 0 Å². The standard InChI is InChI=1S/C15H16N2O2/c16-11-7-8-17-12(9-11)5-6-13-10-18-14-3-1-2-4-15(14)19-13/h1-4,7-9,13H,5-6,10H2,(H2,16,17). The van der Waals surface area contributed by atoms with Gasteiger partial charge in [-0.15, -0.1) is 0 Å². The molecular formula is C15H16N2O2. The number of aryl methyl sites for hydroxylation is 1. The van der Waals surface area contributed by atoms with Crippen LogP contribution in [0.1, 0.15) is 12.1 Å². The van der Waals surface area contributed by atoms with Gasteiger partial charge in [0.25, 0.3) is 0 Å². The van der Waals surface area contributed by atoms with Crippen LogP contribution in [-0.2, 0) is 6.42 Å². The number of nitrogen functional groups attached to an aromatic ring is 1. The summed E-state index contributed by atoms with van der Waals surface area (Å²) in [5.74, 6) is 1.64. The monoisotopic (exact) mass is 256 g/mol. The lowest BCUT2D eigenvalue weighted by molar-refractivity contribution is 0.0849. The molecule has 2 aromatic rings. The van der Waals surface area contributed by atoms with Gasteiger partial charge in [-0.05, 0) is 37.1 Å². The van der Waals surface area contributed by atoms with Gasteiger partial charge in [-0.25, -0.2) is 0 Å². The summed E-state index contributed by atoms with van der Waals surface area (Å²) in [5, 5.41) is 0. The molecule has 0 amide bonds. The Kier molecular flexibility index (Phi) is 3.23. The lowest BCUT2D eigenvalue weighted by Crippen LogP contribution is -2.29. The normalized spacial score (nSPS) is 17.2. The third kappa shape index (κ3) is 2.78. The van der Waals surface area contributed by atoms with Crippen molar-refractivity contribution in [2.45, 2.75) is 18.9 Å². The second kappa shape index (κ2) is 5.18. The molecule has 1 aliphatic heterocycles. The number of hydrogen-bond donors (Lipinski definition) is 1. The maximum absolute atomic E-state index is 5.90. The van der Waals surface area contributed by atoms with Crippen LogP contribution in [0.2, 0.25) is 0 Å². The first kappa shape index (κ1) is 11.8. The molecule has 0 spiro atoms. The molecule has 2 N–H and O–H groups in total. The third-order valence-electron chi connectivity index (χ3n) is 3.13. The predicted molar refractivity (Wildman–Crippen MR) is 73.3 cm³/mol. The van der Waals surface area contributed by atoms with Gasteiger partial charge in [0.15, 0.2) is 11.5 Å². The molecule has 4 heteroatoms. The van der Waals surface area contributed by atoms with E-state index in [-0.39, 0.29) is 6.10 Å². The van der Waals surface area contributed by atoms with E-state index in [0.717, 1.165) is 35.7 Å². The molecule has 98 valence electrons. The number of hydrogen-bond acceptors (Lipinski definition) is 4. The van der Waals surface area contributed by atoms with Crippen molar-refractivity contribution in [2.24, 2.45) is 0 Å². The zero-order valence-electron chi connectivity index (χ0n) is 10.6. The minimum absolute atomic E-state index is 0.0677. The van der Waals surface area contributed by atoms with Gasteiger partial charge in [0, 0.05) is 17.6 Å². The number of pyridine rings is 1. The van der Waals surface area contributed by atoms with Crippen molar-refractivity contribution in [2.75, 3.05) is 12.3 Å². The van der Waals surface area contributed by atoms with E-state index in [1.165, 1.54) is 0 Å². The topological polar surface area (TPSA) is 57.4 Å². The second-order valence-corrected chi connectivity index (χ2v) is 4.62. The van der Waals surface area contributed by atoms with E-state index in [1.54, 1.807) is 12.3 Å². The van der Waals surface area contributed by atoms with Crippen LogP contribution in [0, 0.1) is 0 Å². The molecule has 1 aromatic heterocycles. The zero-order valence-corrected chi connectivity index (χ0v) is 10.6. The van der Waals surface area contributed by atoms with Crippen LogP contribution in [0.5, 0.6) is 11.5 Å². The van der Waals surface area contributed by atoms with Crippen LogP contribution in [0.4, 0.5) is 5.69 Å². The van der Waals surface area contributed by atoms with Crippen molar-refractivity contribution < 1.29 is 9.47 Å². The number of aromatic nitrogens is 1. The Hall–Kier alpha value is -2.23. The maximum atomic E-state index is 5.90.